The number of anilines is 2. The highest BCUT2D eigenvalue weighted by molar-refractivity contribution is 5.93. The summed E-state index contributed by atoms with van der Waals surface area (Å²) in [5.41, 5.74) is 0.434. The van der Waals surface area contributed by atoms with E-state index < -0.39 is 18.8 Å². The molecule has 0 spiro atoms. The zero-order chi connectivity index (χ0) is 17.3. The summed E-state index contributed by atoms with van der Waals surface area (Å²) in [5.74, 6) is 0.168. The lowest BCUT2D eigenvalue weighted by Gasteiger charge is -2.30. The van der Waals surface area contributed by atoms with Crippen LogP contribution in [0, 0.1) is 0 Å². The molecule has 1 aromatic rings. The van der Waals surface area contributed by atoms with E-state index in [2.05, 4.69) is 20.6 Å². The fourth-order valence-electron chi connectivity index (χ4n) is 2.92. The van der Waals surface area contributed by atoms with Gasteiger partial charge in [-0.1, -0.05) is 0 Å². The van der Waals surface area contributed by atoms with Crippen LogP contribution in [-0.4, -0.2) is 46.0 Å². The van der Waals surface area contributed by atoms with Gasteiger partial charge in [-0.15, -0.1) is 0 Å². The van der Waals surface area contributed by atoms with Gasteiger partial charge in [0.15, 0.2) is 0 Å². The van der Waals surface area contributed by atoms with Crippen LogP contribution in [0.3, 0.4) is 0 Å². The van der Waals surface area contributed by atoms with E-state index in [0.717, 1.165) is 12.8 Å². The lowest BCUT2D eigenvalue weighted by molar-refractivity contribution is -0.118. The topological polar surface area (TPSA) is 90.4 Å². The molecule has 2 amide bonds. The molecule has 1 aliphatic carbocycles. The van der Waals surface area contributed by atoms with Gasteiger partial charge in [0.2, 0.25) is 5.95 Å². The molecule has 0 unspecified atom stereocenters. The molecule has 132 valence electrons. The minimum Gasteiger partial charge on any atom is -0.393 e. The third-order valence-electron chi connectivity index (χ3n) is 4.14. The van der Waals surface area contributed by atoms with Gasteiger partial charge in [0.1, 0.15) is 12.4 Å². The van der Waals surface area contributed by atoms with Crippen LogP contribution in [-0.2, 0) is 6.54 Å². The van der Waals surface area contributed by atoms with Crippen LogP contribution in [0.4, 0.5) is 29.7 Å². The predicted octanol–water partition coefficient (Wildman–Crippen LogP) is 1.78. The van der Waals surface area contributed by atoms with E-state index in [1.165, 1.54) is 6.20 Å². The number of amides is 2. The van der Waals surface area contributed by atoms with Crippen molar-refractivity contribution in [3.05, 3.63) is 11.8 Å². The Bertz CT molecular complexity index is 617. The fraction of sp³-hybridized carbons (Fsp3) is 0.643. The molecule has 0 bridgehead atoms. The molecule has 0 atom stereocenters. The van der Waals surface area contributed by atoms with Crippen molar-refractivity contribution >= 4 is 17.8 Å². The number of urea groups is 1. The molecule has 0 aromatic carbocycles. The van der Waals surface area contributed by atoms with E-state index >= 15 is 0 Å². The normalized spacial score (nSPS) is 24.3. The monoisotopic (exact) mass is 345 g/mol. The number of nitrogens with one attached hydrogen (secondary N) is 2. The third kappa shape index (κ3) is 3.86. The van der Waals surface area contributed by atoms with E-state index in [0.29, 0.717) is 23.3 Å². The maximum absolute atomic E-state index is 12.7. The summed E-state index contributed by atoms with van der Waals surface area (Å²) in [5, 5.41) is 15.0. The van der Waals surface area contributed by atoms with E-state index in [9.17, 15) is 23.1 Å². The van der Waals surface area contributed by atoms with Crippen LogP contribution in [0.5, 0.6) is 0 Å². The first-order valence-corrected chi connectivity index (χ1v) is 7.74. The Morgan fingerprint density at radius 3 is 2.71 bits per heavy atom. The van der Waals surface area contributed by atoms with Crippen molar-refractivity contribution in [2.24, 2.45) is 0 Å². The Morgan fingerprint density at radius 1 is 1.33 bits per heavy atom. The highest BCUT2D eigenvalue weighted by Gasteiger charge is 2.37. The summed E-state index contributed by atoms with van der Waals surface area (Å²) in [6.45, 7) is -1.31. The number of nitrogens with zero attached hydrogens (tertiary/aromatic N) is 3. The molecule has 0 saturated heterocycles. The van der Waals surface area contributed by atoms with E-state index in [4.69, 9.17) is 0 Å². The number of carbonyl (C=O) groups is 1. The van der Waals surface area contributed by atoms with Gasteiger partial charge in [0, 0.05) is 24.3 Å². The maximum Gasteiger partial charge on any atom is 0.406 e. The van der Waals surface area contributed by atoms with Gasteiger partial charge in [-0.2, -0.15) is 18.2 Å². The number of hydrogen-bond donors (Lipinski definition) is 3. The van der Waals surface area contributed by atoms with Crippen molar-refractivity contribution in [1.29, 1.82) is 0 Å². The van der Waals surface area contributed by atoms with Crippen molar-refractivity contribution in [1.82, 2.24) is 15.3 Å². The lowest BCUT2D eigenvalue weighted by atomic mass is 9.93. The average molecular weight is 345 g/mol. The number of carbonyl (C=O) groups excluding carboxylic acids is 1. The maximum atomic E-state index is 12.7. The van der Waals surface area contributed by atoms with Crippen LogP contribution in [0.2, 0.25) is 0 Å². The van der Waals surface area contributed by atoms with Crippen molar-refractivity contribution < 1.29 is 23.1 Å². The van der Waals surface area contributed by atoms with Gasteiger partial charge in [-0.3, -0.25) is 4.90 Å². The average Bonchev–Trinajstić information content (AvgIpc) is 2.52. The number of alkyl halides is 3. The molecule has 10 heteroatoms. The molecule has 3 rings (SSSR count). The van der Waals surface area contributed by atoms with Crippen LogP contribution in [0.1, 0.15) is 31.2 Å². The minimum atomic E-state index is -4.52. The minimum absolute atomic E-state index is 0.0237. The molecule has 7 nitrogen and oxygen atoms in total. The number of halogens is 3. The molecular formula is C14H18F3N5O2. The number of rotatable bonds is 3. The number of hydrogen-bond acceptors (Lipinski definition) is 5. The summed E-state index contributed by atoms with van der Waals surface area (Å²) >= 11 is 0. The first-order chi connectivity index (χ1) is 11.3. The van der Waals surface area contributed by atoms with Crippen LogP contribution in [0.15, 0.2) is 6.20 Å². The molecule has 24 heavy (non-hydrogen) atoms. The second-order valence-corrected chi connectivity index (χ2v) is 6.05. The molecule has 2 aliphatic rings. The van der Waals surface area contributed by atoms with Crippen molar-refractivity contribution in [2.45, 2.75) is 50.6 Å². The largest absolute Gasteiger partial charge is 0.406 e. The molecule has 1 fully saturated rings. The van der Waals surface area contributed by atoms with Gasteiger partial charge in [0.05, 0.1) is 6.10 Å². The third-order valence-corrected chi connectivity index (χ3v) is 4.14. The van der Waals surface area contributed by atoms with Gasteiger partial charge in [-0.05, 0) is 25.7 Å². The summed E-state index contributed by atoms with van der Waals surface area (Å²) in [6, 6.07) is -0.773. The smallest absolute Gasteiger partial charge is 0.393 e. The highest BCUT2D eigenvalue weighted by Crippen LogP contribution is 2.28. The Labute approximate surface area is 136 Å². The predicted molar refractivity (Wildman–Crippen MR) is 79.6 cm³/mol. The van der Waals surface area contributed by atoms with Crippen molar-refractivity contribution in [3.8, 4) is 0 Å². The summed E-state index contributed by atoms with van der Waals surface area (Å²) < 4.78 is 38.1. The van der Waals surface area contributed by atoms with E-state index in [1.807, 2.05) is 0 Å². The summed E-state index contributed by atoms with van der Waals surface area (Å²) in [7, 11) is 0. The zero-order valence-electron chi connectivity index (χ0n) is 12.8. The summed E-state index contributed by atoms with van der Waals surface area (Å²) in [6.07, 6.45) is -0.632. The second-order valence-electron chi connectivity index (χ2n) is 6.05. The van der Waals surface area contributed by atoms with Gasteiger partial charge < -0.3 is 15.7 Å². The molecule has 2 heterocycles. The SMILES string of the molecule is O=C1NCc2cnc(NC3CCC(O)CC3)nc2N1CC(F)(F)F. The van der Waals surface area contributed by atoms with Crippen LogP contribution < -0.4 is 15.5 Å². The molecule has 1 aromatic heterocycles. The highest BCUT2D eigenvalue weighted by atomic mass is 19.4. The number of aliphatic hydroxyl groups is 1. The van der Waals surface area contributed by atoms with Crippen LogP contribution >= 0.6 is 0 Å². The molecule has 3 N–H and O–H groups in total. The second kappa shape index (κ2) is 6.42. The number of aliphatic hydroxyl groups excluding tert-OH is 1. The van der Waals surface area contributed by atoms with Crippen LogP contribution in [0.25, 0.3) is 0 Å². The quantitative estimate of drug-likeness (QED) is 0.777. The Balaban J connectivity index is 1.78. The summed E-state index contributed by atoms with van der Waals surface area (Å²) in [4.78, 5) is 20.6. The Morgan fingerprint density at radius 2 is 2.04 bits per heavy atom. The van der Waals surface area contributed by atoms with E-state index in [1.54, 1.807) is 0 Å². The first kappa shape index (κ1) is 16.7. The Hall–Kier alpha value is -2.10. The molecule has 0 radical (unpaired) electrons. The Kier molecular flexibility index (Phi) is 4.48. The zero-order valence-corrected chi connectivity index (χ0v) is 12.8. The standard InChI is InChI=1S/C14H18F3N5O2/c15-14(16,17)7-22-11-8(6-19-13(22)24)5-18-12(21-11)20-9-1-3-10(23)4-2-9/h5,9-10,23H,1-4,6-7H2,(H,19,24)(H,18,20,21). The lowest BCUT2D eigenvalue weighted by Crippen LogP contribution is -2.49. The number of aromatic nitrogens is 2. The number of fused-ring (bicyclic) bond motifs is 1. The van der Waals surface area contributed by atoms with Gasteiger partial charge in [0.25, 0.3) is 0 Å². The molecule has 1 saturated carbocycles. The first-order valence-electron chi connectivity index (χ1n) is 7.74. The molecular weight excluding hydrogens is 327 g/mol. The van der Waals surface area contributed by atoms with Crippen molar-refractivity contribution in [3.63, 3.8) is 0 Å². The van der Waals surface area contributed by atoms with Gasteiger partial charge in [-0.25, -0.2) is 9.78 Å². The van der Waals surface area contributed by atoms with Gasteiger partial charge >= 0.3 is 12.2 Å². The molecule has 1 aliphatic heterocycles. The van der Waals surface area contributed by atoms with E-state index in [-0.39, 0.29) is 30.5 Å². The fourth-order valence-corrected chi connectivity index (χ4v) is 2.92. The van der Waals surface area contributed by atoms with Crippen molar-refractivity contribution in [2.75, 3.05) is 16.8 Å².